The van der Waals surface area contributed by atoms with E-state index in [4.69, 9.17) is 0 Å². The monoisotopic (exact) mass is 844 g/mol. The van der Waals surface area contributed by atoms with Gasteiger partial charge in [-0.15, -0.1) is 0 Å². The Kier molecular flexibility index (Phi) is 9.15. The summed E-state index contributed by atoms with van der Waals surface area (Å²) in [6.07, 6.45) is 6.30. The van der Waals surface area contributed by atoms with E-state index in [0.717, 1.165) is 5.69 Å². The first-order valence-corrected chi connectivity index (χ1v) is 23.9. The van der Waals surface area contributed by atoms with Crippen LogP contribution in [0.3, 0.4) is 0 Å². The molecule has 7 aromatic carbocycles. The van der Waals surface area contributed by atoms with E-state index in [9.17, 15) is 0 Å². The highest BCUT2D eigenvalue weighted by atomic mass is 15.3. The minimum absolute atomic E-state index is 0.0278. The van der Waals surface area contributed by atoms with Crippen LogP contribution in [0.25, 0.3) is 33.2 Å². The van der Waals surface area contributed by atoms with Gasteiger partial charge in [-0.05, 0) is 135 Å². The summed E-state index contributed by atoms with van der Waals surface area (Å²) in [6.45, 7) is 13.8. The fourth-order valence-electron chi connectivity index (χ4n) is 11.6. The molecule has 320 valence electrons. The topological polar surface area (TPSA) is 16.3 Å². The molecule has 1 aliphatic carbocycles. The highest BCUT2D eigenvalue weighted by Gasteiger charge is 2.49. The normalized spacial score (nSPS) is 15.1. The average Bonchev–Trinajstić information content (AvgIpc) is 3.85. The molecule has 0 atom stereocenters. The van der Waals surface area contributed by atoms with Crippen LogP contribution in [-0.2, 0) is 10.8 Å². The van der Waals surface area contributed by atoms with Crippen molar-refractivity contribution < 1.29 is 0 Å². The van der Waals surface area contributed by atoms with Crippen molar-refractivity contribution in [2.45, 2.75) is 90.4 Å². The molecule has 3 aliphatic rings. The van der Waals surface area contributed by atoms with Gasteiger partial charge in [-0.2, -0.15) is 0 Å². The molecule has 0 amide bonds. The molecule has 4 nitrogen and oxygen atoms in total. The summed E-state index contributed by atoms with van der Waals surface area (Å²) < 4.78 is 5.16. The molecule has 0 spiro atoms. The lowest BCUT2D eigenvalue weighted by atomic mass is 9.35. The van der Waals surface area contributed by atoms with E-state index in [0.29, 0.717) is 5.92 Å². The van der Waals surface area contributed by atoms with Crippen molar-refractivity contribution in [2.75, 3.05) is 9.80 Å². The molecule has 4 heterocycles. The van der Waals surface area contributed by atoms with E-state index in [1.54, 1.807) is 0 Å². The Morgan fingerprint density at radius 1 is 0.446 bits per heavy atom. The van der Waals surface area contributed by atoms with Gasteiger partial charge >= 0.3 is 0 Å². The lowest BCUT2D eigenvalue weighted by Gasteiger charge is -2.44. The Hall–Kier alpha value is -6.72. The molecule has 0 unspecified atom stereocenters. The number of rotatable bonds is 5. The van der Waals surface area contributed by atoms with Gasteiger partial charge in [0, 0.05) is 45.1 Å². The van der Waals surface area contributed by atoms with Crippen LogP contribution < -0.4 is 26.3 Å². The van der Waals surface area contributed by atoms with Crippen molar-refractivity contribution in [1.82, 2.24) is 9.13 Å². The second-order valence-corrected chi connectivity index (χ2v) is 20.9. The van der Waals surface area contributed by atoms with Crippen molar-refractivity contribution in [3.63, 3.8) is 0 Å². The molecule has 1 saturated carbocycles. The molecule has 9 aromatic rings. The number of aromatic nitrogens is 2. The van der Waals surface area contributed by atoms with Crippen LogP contribution >= 0.6 is 0 Å². The van der Waals surface area contributed by atoms with Crippen molar-refractivity contribution in [2.24, 2.45) is 0 Å². The smallest absolute Gasteiger partial charge is 0.276 e. The number of para-hydroxylation sites is 4. The molecular weight excluding hydrogens is 787 g/mol. The zero-order valence-corrected chi connectivity index (χ0v) is 38.6. The highest BCUT2D eigenvalue weighted by molar-refractivity contribution is 7.01. The predicted octanol–water partition coefficient (Wildman–Crippen LogP) is 14.3. The maximum absolute atomic E-state index is 2.66. The summed E-state index contributed by atoms with van der Waals surface area (Å²) in [4.78, 5) is 5.31. The molecule has 5 heteroatoms. The zero-order valence-electron chi connectivity index (χ0n) is 38.6. The quantitative estimate of drug-likeness (QED) is 0.161. The lowest BCUT2D eigenvalue weighted by molar-refractivity contribution is 0.444. The Morgan fingerprint density at radius 3 is 1.49 bits per heavy atom. The van der Waals surface area contributed by atoms with E-state index < -0.39 is 0 Å². The van der Waals surface area contributed by atoms with Crippen LogP contribution in [0.4, 0.5) is 34.3 Å². The lowest BCUT2D eigenvalue weighted by Crippen LogP contribution is -2.63. The number of fused-ring (bicyclic) bond motifs is 8. The van der Waals surface area contributed by atoms with Gasteiger partial charge in [0.25, 0.3) is 6.71 Å². The maximum atomic E-state index is 2.66. The van der Waals surface area contributed by atoms with Gasteiger partial charge in [-0.1, -0.05) is 158 Å². The van der Waals surface area contributed by atoms with Crippen molar-refractivity contribution in [3.05, 3.63) is 187 Å². The van der Waals surface area contributed by atoms with E-state index in [1.165, 1.54) is 127 Å². The molecule has 2 aliphatic heterocycles. The van der Waals surface area contributed by atoms with Crippen LogP contribution in [0.5, 0.6) is 0 Å². The second kappa shape index (κ2) is 14.9. The molecule has 0 N–H and O–H groups in total. The maximum Gasteiger partial charge on any atom is 0.276 e. The van der Waals surface area contributed by atoms with Crippen LogP contribution in [0.15, 0.2) is 170 Å². The summed E-state index contributed by atoms with van der Waals surface area (Å²) in [5, 5.41) is 2.54. The van der Waals surface area contributed by atoms with Gasteiger partial charge in [-0.3, -0.25) is 9.47 Å². The third-order valence-corrected chi connectivity index (χ3v) is 14.8. The molecule has 65 heavy (non-hydrogen) atoms. The Morgan fingerprint density at radius 2 is 0.923 bits per heavy atom. The van der Waals surface area contributed by atoms with Crippen molar-refractivity contribution in [3.8, 4) is 11.4 Å². The second-order valence-electron chi connectivity index (χ2n) is 20.9. The number of nitrogens with zero attached hydrogens (tertiary/aromatic N) is 4. The molecule has 12 rings (SSSR count). The number of hydrogen-bond donors (Lipinski definition) is 0. The highest BCUT2D eigenvalue weighted by Crippen LogP contribution is 2.51. The first-order chi connectivity index (χ1) is 31.6. The van der Waals surface area contributed by atoms with Gasteiger partial charge in [0.2, 0.25) is 0 Å². The minimum atomic E-state index is -0.0944. The number of hydrogen-bond acceptors (Lipinski definition) is 2. The van der Waals surface area contributed by atoms with E-state index in [2.05, 4.69) is 230 Å². The van der Waals surface area contributed by atoms with Crippen LogP contribution in [0.1, 0.15) is 96.3 Å². The summed E-state index contributed by atoms with van der Waals surface area (Å²) in [7, 11) is 0. The van der Waals surface area contributed by atoms with Gasteiger partial charge in [0.1, 0.15) is 5.82 Å². The number of benzene rings is 7. The molecule has 0 radical (unpaired) electrons. The summed E-state index contributed by atoms with van der Waals surface area (Å²) >= 11 is 0. The Balaban J connectivity index is 1.28. The fourth-order valence-corrected chi connectivity index (χ4v) is 11.6. The average molecular weight is 845 g/mol. The Labute approximate surface area is 384 Å². The number of anilines is 6. The first kappa shape index (κ1) is 39.8. The van der Waals surface area contributed by atoms with E-state index in [1.807, 2.05) is 0 Å². The van der Waals surface area contributed by atoms with Crippen LogP contribution in [0, 0.1) is 0 Å². The van der Waals surface area contributed by atoms with Crippen LogP contribution in [0.2, 0.25) is 0 Å². The molecule has 2 aromatic heterocycles. The standard InChI is InChI=1S/C60H57BN4/c1-59(2,3)42-30-34-46(35-31-42)62-52-38-41(40-20-10-7-11-21-40)39-53-55(52)61(57-56(62)49-27-17-19-29-51(49)63(57)44-22-12-8-13-23-44)54-48-26-16-18-28-50(48)64(45-24-14-9-15-25-45)58(54)65(53)47-36-32-43(33-37-47)60(4,5)6/h8-9,12-19,22-40H,7,10-11,20-21H2,1-6H3. The molecule has 0 bridgehead atoms. The molecule has 1 fully saturated rings. The van der Waals surface area contributed by atoms with Gasteiger partial charge < -0.3 is 9.47 Å². The fraction of sp³-hybridized carbons (Fsp3) is 0.233. The van der Waals surface area contributed by atoms with E-state index >= 15 is 0 Å². The van der Waals surface area contributed by atoms with Gasteiger partial charge in [-0.25, -0.2) is 0 Å². The van der Waals surface area contributed by atoms with Crippen molar-refractivity contribution in [1.29, 1.82) is 0 Å². The van der Waals surface area contributed by atoms with E-state index in [-0.39, 0.29) is 17.5 Å². The van der Waals surface area contributed by atoms with Crippen LogP contribution in [-0.4, -0.2) is 15.8 Å². The summed E-state index contributed by atoms with van der Waals surface area (Å²) in [5.41, 5.74) is 19.1. The third kappa shape index (κ3) is 6.26. The first-order valence-electron chi connectivity index (χ1n) is 23.9. The Bertz CT molecular complexity index is 3250. The largest absolute Gasteiger partial charge is 0.319 e. The SMILES string of the molecule is CC(C)(C)c1ccc(N2c3cc(C4CCCCC4)cc4c3B(c3c(n(-c5ccccc5)c5ccccc35)N4c3ccc(C(C)(C)C)cc3)c3c2c2ccccc2n3-c2ccccc2)cc1. The summed E-state index contributed by atoms with van der Waals surface area (Å²) in [6, 6.07) is 64.7. The third-order valence-electron chi connectivity index (χ3n) is 14.8. The zero-order chi connectivity index (χ0) is 44.2. The minimum Gasteiger partial charge on any atom is -0.319 e. The van der Waals surface area contributed by atoms with Gasteiger partial charge in [0.15, 0.2) is 0 Å². The van der Waals surface area contributed by atoms with Gasteiger partial charge in [0.05, 0.1) is 16.7 Å². The molecule has 0 saturated heterocycles. The summed E-state index contributed by atoms with van der Waals surface area (Å²) in [5.74, 6) is 1.70. The predicted molar refractivity (Wildman–Crippen MR) is 277 cm³/mol. The van der Waals surface area contributed by atoms with Crippen molar-refractivity contribution >= 4 is 79.3 Å². The molecular formula is C60H57BN4.